The molecule has 0 aliphatic heterocycles. The van der Waals surface area contributed by atoms with E-state index in [9.17, 15) is 12.8 Å². The average Bonchev–Trinajstić information content (AvgIpc) is 2.36. The summed E-state index contributed by atoms with van der Waals surface area (Å²) in [6, 6.07) is 3.86. The number of likely N-dealkylation sites (N-methyl/N-ethyl adjacent to an activating group) is 1. The molecule has 0 aliphatic carbocycles. The van der Waals surface area contributed by atoms with Gasteiger partial charge in [-0.1, -0.05) is 6.07 Å². The van der Waals surface area contributed by atoms with E-state index >= 15 is 0 Å². The third-order valence-corrected chi connectivity index (χ3v) is 4.41. The van der Waals surface area contributed by atoms with Crippen LogP contribution in [0.5, 0.6) is 0 Å². The number of benzene rings is 1. The Balaban J connectivity index is 2.94. The number of hydrogen-bond acceptors (Lipinski definition) is 4. The fraction of sp³-hybridized carbons (Fsp3) is 0.500. The van der Waals surface area contributed by atoms with Crippen molar-refractivity contribution < 1.29 is 12.8 Å². The number of halogens is 1. The van der Waals surface area contributed by atoms with Crippen LogP contribution in [0.3, 0.4) is 0 Å². The van der Waals surface area contributed by atoms with Gasteiger partial charge in [0.15, 0.2) is 0 Å². The first-order chi connectivity index (χ1) is 8.77. The van der Waals surface area contributed by atoms with Gasteiger partial charge in [0.25, 0.3) is 0 Å². The molecule has 108 valence electrons. The Morgan fingerprint density at radius 2 is 2.05 bits per heavy atom. The topological polar surface area (TPSA) is 75.4 Å². The molecule has 0 fully saturated rings. The van der Waals surface area contributed by atoms with E-state index in [0.717, 1.165) is 6.07 Å². The Morgan fingerprint density at radius 3 is 2.58 bits per heavy atom. The highest BCUT2D eigenvalue weighted by atomic mass is 32.2. The average molecular weight is 289 g/mol. The van der Waals surface area contributed by atoms with E-state index in [4.69, 9.17) is 5.73 Å². The Bertz CT molecular complexity index is 532. The first-order valence-corrected chi connectivity index (χ1v) is 7.41. The Hall–Kier alpha value is -1.02. The lowest BCUT2D eigenvalue weighted by atomic mass is 10.2. The van der Waals surface area contributed by atoms with Crippen molar-refractivity contribution in [1.29, 1.82) is 0 Å². The first-order valence-electron chi connectivity index (χ1n) is 5.92. The third kappa shape index (κ3) is 4.24. The maximum atomic E-state index is 13.6. The van der Waals surface area contributed by atoms with Crippen molar-refractivity contribution in [3.63, 3.8) is 0 Å². The van der Waals surface area contributed by atoms with Gasteiger partial charge in [-0.25, -0.2) is 17.5 Å². The molecule has 7 heteroatoms. The van der Waals surface area contributed by atoms with Crippen LogP contribution in [0.15, 0.2) is 23.1 Å². The SMILES string of the molecule is CC(CNS(=O)(=O)c1cc(CN)ccc1F)N(C)C. The summed E-state index contributed by atoms with van der Waals surface area (Å²) in [5.74, 6) is -0.776. The summed E-state index contributed by atoms with van der Waals surface area (Å²) in [6.45, 7) is 2.24. The minimum absolute atomic E-state index is 0.00975. The molecule has 0 heterocycles. The van der Waals surface area contributed by atoms with Crippen LogP contribution in [-0.4, -0.2) is 40.0 Å². The number of nitrogens with zero attached hydrogens (tertiary/aromatic N) is 1. The van der Waals surface area contributed by atoms with Gasteiger partial charge in [0.05, 0.1) is 0 Å². The zero-order valence-electron chi connectivity index (χ0n) is 11.4. The second-order valence-electron chi connectivity index (χ2n) is 4.63. The van der Waals surface area contributed by atoms with Crippen LogP contribution in [-0.2, 0) is 16.6 Å². The zero-order valence-corrected chi connectivity index (χ0v) is 12.2. The van der Waals surface area contributed by atoms with Crippen molar-refractivity contribution in [2.24, 2.45) is 5.73 Å². The fourth-order valence-electron chi connectivity index (χ4n) is 1.37. The van der Waals surface area contributed by atoms with E-state index in [1.807, 2.05) is 25.9 Å². The van der Waals surface area contributed by atoms with E-state index in [1.54, 1.807) is 0 Å². The van der Waals surface area contributed by atoms with Gasteiger partial charge in [0.2, 0.25) is 10.0 Å². The molecule has 1 aromatic rings. The van der Waals surface area contributed by atoms with Crippen molar-refractivity contribution in [3.05, 3.63) is 29.6 Å². The number of nitrogens with two attached hydrogens (primary N) is 1. The van der Waals surface area contributed by atoms with Crippen molar-refractivity contribution >= 4 is 10.0 Å². The molecule has 1 aromatic carbocycles. The lowest BCUT2D eigenvalue weighted by Gasteiger charge is -2.20. The third-order valence-electron chi connectivity index (χ3n) is 2.97. The van der Waals surface area contributed by atoms with Gasteiger partial charge >= 0.3 is 0 Å². The Kier molecular flexibility index (Phi) is 5.42. The molecule has 1 unspecified atom stereocenters. The van der Waals surface area contributed by atoms with Gasteiger partial charge in [-0.15, -0.1) is 0 Å². The van der Waals surface area contributed by atoms with Crippen LogP contribution in [0.25, 0.3) is 0 Å². The largest absolute Gasteiger partial charge is 0.326 e. The van der Waals surface area contributed by atoms with Crippen LogP contribution in [0.4, 0.5) is 4.39 Å². The van der Waals surface area contributed by atoms with Gasteiger partial charge in [-0.3, -0.25) is 0 Å². The maximum absolute atomic E-state index is 13.6. The lowest BCUT2D eigenvalue weighted by Crippen LogP contribution is -2.38. The predicted molar refractivity (Wildman–Crippen MR) is 72.6 cm³/mol. The molecule has 0 bridgehead atoms. The van der Waals surface area contributed by atoms with Crippen molar-refractivity contribution in [2.45, 2.75) is 24.4 Å². The van der Waals surface area contributed by atoms with E-state index < -0.39 is 15.8 Å². The van der Waals surface area contributed by atoms with Crippen molar-refractivity contribution in [2.75, 3.05) is 20.6 Å². The molecule has 0 aliphatic rings. The molecule has 0 spiro atoms. The van der Waals surface area contributed by atoms with Crippen LogP contribution < -0.4 is 10.5 Å². The number of hydrogen-bond donors (Lipinski definition) is 2. The molecule has 19 heavy (non-hydrogen) atoms. The van der Waals surface area contributed by atoms with Crippen molar-refractivity contribution in [1.82, 2.24) is 9.62 Å². The van der Waals surface area contributed by atoms with Crippen molar-refractivity contribution in [3.8, 4) is 0 Å². The molecule has 0 saturated carbocycles. The Morgan fingerprint density at radius 1 is 1.42 bits per heavy atom. The highest BCUT2D eigenvalue weighted by Crippen LogP contribution is 2.16. The zero-order chi connectivity index (χ0) is 14.6. The highest BCUT2D eigenvalue weighted by Gasteiger charge is 2.20. The van der Waals surface area contributed by atoms with E-state index in [-0.39, 0.29) is 24.0 Å². The fourth-order valence-corrected chi connectivity index (χ4v) is 2.62. The summed E-state index contributed by atoms with van der Waals surface area (Å²) in [6.07, 6.45) is 0. The standard InChI is InChI=1S/C12H20FN3O2S/c1-9(16(2)3)8-15-19(17,18)12-6-10(7-14)4-5-11(12)13/h4-6,9,15H,7-8,14H2,1-3H3. The van der Waals surface area contributed by atoms with Crippen LogP contribution in [0, 0.1) is 5.82 Å². The molecule has 0 radical (unpaired) electrons. The van der Waals surface area contributed by atoms with Gasteiger partial charge in [-0.05, 0) is 38.7 Å². The molecule has 3 N–H and O–H groups in total. The van der Waals surface area contributed by atoms with Gasteiger partial charge in [0.1, 0.15) is 10.7 Å². The molecule has 0 amide bonds. The maximum Gasteiger partial charge on any atom is 0.243 e. The second-order valence-corrected chi connectivity index (χ2v) is 6.37. The quantitative estimate of drug-likeness (QED) is 0.800. The number of nitrogens with one attached hydrogen (secondary N) is 1. The molecule has 0 aromatic heterocycles. The summed E-state index contributed by atoms with van der Waals surface area (Å²) >= 11 is 0. The van der Waals surface area contributed by atoms with Crippen LogP contribution in [0.2, 0.25) is 0 Å². The number of sulfonamides is 1. The lowest BCUT2D eigenvalue weighted by molar-refractivity contribution is 0.313. The molecular weight excluding hydrogens is 269 g/mol. The molecule has 5 nitrogen and oxygen atoms in total. The summed E-state index contributed by atoms with van der Waals surface area (Å²) < 4.78 is 40.1. The summed E-state index contributed by atoms with van der Waals surface area (Å²) in [4.78, 5) is 1.51. The summed E-state index contributed by atoms with van der Waals surface area (Å²) in [5, 5.41) is 0. The molecule has 0 saturated heterocycles. The molecular formula is C12H20FN3O2S. The second kappa shape index (κ2) is 6.42. The summed E-state index contributed by atoms with van der Waals surface area (Å²) in [7, 11) is -0.176. The smallest absolute Gasteiger partial charge is 0.243 e. The minimum Gasteiger partial charge on any atom is -0.326 e. The van der Waals surface area contributed by atoms with E-state index in [0.29, 0.717) is 5.56 Å². The highest BCUT2D eigenvalue weighted by molar-refractivity contribution is 7.89. The van der Waals surface area contributed by atoms with E-state index in [1.165, 1.54) is 12.1 Å². The normalized spacial score (nSPS) is 13.8. The van der Waals surface area contributed by atoms with Gasteiger partial charge < -0.3 is 10.6 Å². The Labute approximate surface area is 113 Å². The minimum atomic E-state index is -3.86. The van der Waals surface area contributed by atoms with Crippen LogP contribution >= 0.6 is 0 Å². The predicted octanol–water partition coefficient (Wildman–Crippen LogP) is 0.513. The van der Waals surface area contributed by atoms with Crippen LogP contribution in [0.1, 0.15) is 12.5 Å². The molecule has 1 atom stereocenters. The summed E-state index contributed by atoms with van der Waals surface area (Å²) in [5.41, 5.74) is 6.00. The van der Waals surface area contributed by atoms with Gasteiger partial charge in [-0.2, -0.15) is 0 Å². The number of rotatable bonds is 6. The van der Waals surface area contributed by atoms with Gasteiger partial charge in [0, 0.05) is 19.1 Å². The van der Waals surface area contributed by atoms with E-state index in [2.05, 4.69) is 4.72 Å². The molecule has 1 rings (SSSR count). The first kappa shape index (κ1) is 16.0. The monoisotopic (exact) mass is 289 g/mol.